The van der Waals surface area contributed by atoms with Gasteiger partial charge in [0.15, 0.2) is 5.17 Å². The van der Waals surface area contributed by atoms with E-state index in [1.54, 1.807) is 12.1 Å². The van der Waals surface area contributed by atoms with Crippen LogP contribution in [0.1, 0.15) is 12.0 Å². The summed E-state index contributed by atoms with van der Waals surface area (Å²) in [6.07, 6.45) is 6.42. The van der Waals surface area contributed by atoms with Gasteiger partial charge in [-0.2, -0.15) is 5.10 Å². The first-order valence-corrected chi connectivity index (χ1v) is 8.61. The van der Waals surface area contributed by atoms with Crippen molar-refractivity contribution in [2.24, 2.45) is 10.2 Å². The molecule has 1 saturated heterocycles. The van der Waals surface area contributed by atoms with Crippen LogP contribution in [-0.4, -0.2) is 40.2 Å². The Bertz CT molecular complexity index is 758. The molecule has 0 spiro atoms. The molecule has 9 heteroatoms. The van der Waals surface area contributed by atoms with Crippen molar-refractivity contribution in [2.45, 2.75) is 11.7 Å². The molecule has 0 aliphatic carbocycles. The first kappa shape index (κ1) is 18.3. The Morgan fingerprint density at radius 1 is 1.58 bits per heavy atom. The summed E-state index contributed by atoms with van der Waals surface area (Å²) < 4.78 is 6.25. The van der Waals surface area contributed by atoms with Gasteiger partial charge in [-0.1, -0.05) is 17.7 Å². The second-order valence-corrected chi connectivity index (χ2v) is 6.88. The number of carboxylic acid groups (broad SMARTS) is 1. The molecule has 2 rings (SSSR count). The Kier molecular flexibility index (Phi) is 6.62. The molecule has 0 saturated carbocycles. The van der Waals surface area contributed by atoms with Gasteiger partial charge in [0.1, 0.15) is 17.6 Å². The number of terminal acetylenes is 1. The van der Waals surface area contributed by atoms with Gasteiger partial charge in [0.05, 0.1) is 16.2 Å². The molecule has 0 aromatic heterocycles. The van der Waals surface area contributed by atoms with Crippen molar-refractivity contribution in [2.75, 3.05) is 6.61 Å². The normalized spacial score (nSPS) is 18.6. The van der Waals surface area contributed by atoms with Gasteiger partial charge >= 0.3 is 5.97 Å². The van der Waals surface area contributed by atoms with Crippen molar-refractivity contribution >= 4 is 57.6 Å². The number of benzene rings is 1. The highest BCUT2D eigenvalue weighted by atomic mass is 127. The maximum Gasteiger partial charge on any atom is 0.305 e. The predicted octanol–water partition coefficient (Wildman–Crippen LogP) is 1.70. The average Bonchev–Trinajstić information content (AvgIpc) is 2.85. The van der Waals surface area contributed by atoms with E-state index in [4.69, 9.17) is 16.3 Å². The molecule has 1 aliphatic rings. The largest absolute Gasteiger partial charge is 0.481 e. The molecule has 1 aliphatic heterocycles. The Balaban J connectivity index is 1.99. The number of halogens is 1. The summed E-state index contributed by atoms with van der Waals surface area (Å²) in [6.45, 7) is 0.200. The number of ether oxygens (including phenoxy) is 1. The standard InChI is InChI=1S/C15H12IN3O4S/c1-2-5-23-11-4-3-9(6-10(11)16)8-17-19-15-18-14(22)12(24-15)7-13(20)21/h1,3-4,6,8,12H,5,7H2,(H,20,21)(H,18,19,22). The van der Waals surface area contributed by atoms with E-state index in [1.807, 2.05) is 6.07 Å². The highest BCUT2D eigenvalue weighted by molar-refractivity contribution is 14.1. The summed E-state index contributed by atoms with van der Waals surface area (Å²) >= 11 is 3.18. The van der Waals surface area contributed by atoms with Crippen molar-refractivity contribution in [3.05, 3.63) is 27.3 Å². The van der Waals surface area contributed by atoms with Crippen LogP contribution in [0.25, 0.3) is 0 Å². The number of aliphatic carboxylic acids is 1. The van der Waals surface area contributed by atoms with Crippen LogP contribution in [0.4, 0.5) is 0 Å². The maximum atomic E-state index is 11.6. The molecule has 1 fully saturated rings. The van der Waals surface area contributed by atoms with Crippen molar-refractivity contribution in [1.82, 2.24) is 5.32 Å². The van der Waals surface area contributed by atoms with Crippen LogP contribution in [0.15, 0.2) is 28.4 Å². The molecule has 0 radical (unpaired) electrons. The Morgan fingerprint density at radius 3 is 3.04 bits per heavy atom. The molecule has 7 nitrogen and oxygen atoms in total. The lowest BCUT2D eigenvalue weighted by Gasteiger charge is -2.05. The van der Waals surface area contributed by atoms with E-state index in [-0.39, 0.29) is 24.1 Å². The van der Waals surface area contributed by atoms with Gasteiger partial charge in [-0.05, 0) is 46.4 Å². The summed E-state index contributed by atoms with van der Waals surface area (Å²) in [7, 11) is 0. The number of amides is 1. The fraction of sp³-hybridized carbons (Fsp3) is 0.200. The smallest absolute Gasteiger partial charge is 0.305 e. The van der Waals surface area contributed by atoms with Crippen LogP contribution >= 0.6 is 34.4 Å². The quantitative estimate of drug-likeness (QED) is 0.293. The third-order valence-corrected chi connectivity index (χ3v) is 4.67. The third-order valence-electron chi connectivity index (χ3n) is 2.76. The number of carbonyl (C=O) groups is 2. The van der Waals surface area contributed by atoms with Gasteiger partial charge in [0.25, 0.3) is 0 Å². The number of nitrogens with zero attached hydrogens (tertiary/aromatic N) is 2. The van der Waals surface area contributed by atoms with Crippen molar-refractivity contribution < 1.29 is 19.4 Å². The van der Waals surface area contributed by atoms with Crippen LogP contribution in [-0.2, 0) is 9.59 Å². The second kappa shape index (κ2) is 8.70. The van der Waals surface area contributed by atoms with E-state index in [0.29, 0.717) is 5.75 Å². The number of nitrogens with one attached hydrogen (secondary N) is 1. The molecular formula is C15H12IN3O4S. The highest BCUT2D eigenvalue weighted by Crippen LogP contribution is 2.23. The lowest BCUT2D eigenvalue weighted by molar-refractivity contribution is -0.138. The summed E-state index contributed by atoms with van der Waals surface area (Å²) in [6, 6.07) is 5.43. The monoisotopic (exact) mass is 457 g/mol. The second-order valence-electron chi connectivity index (χ2n) is 4.53. The fourth-order valence-corrected chi connectivity index (χ4v) is 3.34. The first-order chi connectivity index (χ1) is 11.5. The molecule has 1 aromatic carbocycles. The number of carbonyl (C=O) groups excluding carboxylic acids is 1. The summed E-state index contributed by atoms with van der Waals surface area (Å²) in [5, 5.41) is 18.6. The van der Waals surface area contributed by atoms with Gasteiger partial charge in [-0.15, -0.1) is 11.5 Å². The fourth-order valence-electron chi connectivity index (χ4n) is 1.73. The van der Waals surface area contributed by atoms with E-state index >= 15 is 0 Å². The molecule has 2 N–H and O–H groups in total. The van der Waals surface area contributed by atoms with E-state index in [0.717, 1.165) is 20.9 Å². The molecule has 24 heavy (non-hydrogen) atoms. The van der Waals surface area contributed by atoms with Gasteiger partial charge < -0.3 is 15.2 Å². The van der Waals surface area contributed by atoms with Crippen LogP contribution < -0.4 is 10.1 Å². The lowest BCUT2D eigenvalue weighted by Crippen LogP contribution is -2.26. The molecule has 0 bridgehead atoms. The topological polar surface area (TPSA) is 100 Å². The average molecular weight is 457 g/mol. The molecule has 1 aromatic rings. The molecule has 1 unspecified atom stereocenters. The highest BCUT2D eigenvalue weighted by Gasteiger charge is 2.32. The van der Waals surface area contributed by atoms with E-state index in [9.17, 15) is 9.59 Å². The number of hydrogen-bond donors (Lipinski definition) is 2. The summed E-state index contributed by atoms with van der Waals surface area (Å²) in [4.78, 5) is 22.2. The van der Waals surface area contributed by atoms with Crippen LogP contribution in [0.2, 0.25) is 0 Å². The maximum absolute atomic E-state index is 11.6. The first-order valence-electron chi connectivity index (χ1n) is 6.65. The van der Waals surface area contributed by atoms with Crippen molar-refractivity contribution in [1.29, 1.82) is 0 Å². The molecule has 1 atom stereocenters. The van der Waals surface area contributed by atoms with Gasteiger partial charge in [-0.3, -0.25) is 9.59 Å². The molecule has 1 heterocycles. The van der Waals surface area contributed by atoms with Crippen LogP contribution in [0, 0.1) is 15.9 Å². The van der Waals surface area contributed by atoms with Gasteiger partial charge in [-0.25, -0.2) is 0 Å². The van der Waals surface area contributed by atoms with Gasteiger partial charge in [0.2, 0.25) is 5.91 Å². The minimum Gasteiger partial charge on any atom is -0.481 e. The number of thioether (sulfide) groups is 1. The lowest BCUT2D eigenvalue weighted by atomic mass is 10.2. The number of rotatable bonds is 6. The Labute approximate surface area is 156 Å². The number of carboxylic acids is 1. The van der Waals surface area contributed by atoms with Gasteiger partial charge in [0, 0.05) is 0 Å². The zero-order valence-electron chi connectivity index (χ0n) is 12.2. The number of amidine groups is 1. The van der Waals surface area contributed by atoms with E-state index < -0.39 is 11.2 Å². The summed E-state index contributed by atoms with van der Waals surface area (Å²) in [5.74, 6) is 1.68. The van der Waals surface area contributed by atoms with Crippen molar-refractivity contribution in [3.63, 3.8) is 0 Å². The van der Waals surface area contributed by atoms with E-state index in [2.05, 4.69) is 44.0 Å². The number of hydrogen-bond acceptors (Lipinski definition) is 6. The Hall–Kier alpha value is -2.06. The minimum absolute atomic E-state index is 0.200. The van der Waals surface area contributed by atoms with Crippen LogP contribution in [0.3, 0.4) is 0 Å². The van der Waals surface area contributed by atoms with E-state index in [1.165, 1.54) is 6.21 Å². The molecular weight excluding hydrogens is 445 g/mol. The minimum atomic E-state index is -1.03. The SMILES string of the molecule is C#CCOc1ccc(C=NN=C2NC(=O)C(CC(=O)O)S2)cc1I. The predicted molar refractivity (Wildman–Crippen MR) is 100 cm³/mol. The molecule has 124 valence electrons. The zero-order valence-corrected chi connectivity index (χ0v) is 15.2. The zero-order chi connectivity index (χ0) is 17.5. The third kappa shape index (κ3) is 5.24. The van der Waals surface area contributed by atoms with Crippen LogP contribution in [0.5, 0.6) is 5.75 Å². The Morgan fingerprint density at radius 2 is 2.38 bits per heavy atom. The molecule has 1 amide bonds. The summed E-state index contributed by atoms with van der Waals surface area (Å²) in [5.41, 5.74) is 0.799. The van der Waals surface area contributed by atoms with Crippen molar-refractivity contribution in [3.8, 4) is 18.1 Å².